The first-order chi connectivity index (χ1) is 7.72. The minimum absolute atomic E-state index is 0.138. The molecule has 4 heteroatoms. The van der Waals surface area contributed by atoms with Gasteiger partial charge in [0, 0.05) is 12.6 Å². The van der Waals surface area contributed by atoms with Crippen molar-refractivity contribution in [2.75, 3.05) is 33.8 Å². The second-order valence-electron chi connectivity index (χ2n) is 5.01. The lowest BCUT2D eigenvalue weighted by molar-refractivity contribution is 0.0897. The van der Waals surface area contributed by atoms with Gasteiger partial charge in [-0.2, -0.15) is 0 Å². The molecule has 0 aromatic carbocycles. The lowest BCUT2D eigenvalue weighted by atomic mass is 9.88. The molecule has 0 aliphatic carbocycles. The maximum atomic E-state index is 11.6. The van der Waals surface area contributed by atoms with Crippen molar-refractivity contribution < 1.29 is 9.53 Å². The van der Waals surface area contributed by atoms with Crippen LogP contribution in [0.15, 0.2) is 0 Å². The molecule has 2 fully saturated rings. The highest BCUT2D eigenvalue weighted by Crippen LogP contribution is 2.31. The Morgan fingerprint density at radius 3 is 2.50 bits per heavy atom. The number of carbonyl (C=O) groups is 1. The van der Waals surface area contributed by atoms with Crippen LogP contribution >= 0.6 is 0 Å². The standard InChI is InChI=1S/C12H22N2O2/c1-13-8-5-10(6-9-13)11-4-3-7-14(11)12(15)16-2/h10-11H,3-9H2,1-2H3/t11-/m1/s1. The van der Waals surface area contributed by atoms with Crippen molar-refractivity contribution in [3.63, 3.8) is 0 Å². The van der Waals surface area contributed by atoms with Crippen LogP contribution in [0.1, 0.15) is 25.7 Å². The van der Waals surface area contributed by atoms with Crippen molar-refractivity contribution in [1.29, 1.82) is 0 Å². The van der Waals surface area contributed by atoms with Gasteiger partial charge in [0.1, 0.15) is 0 Å². The smallest absolute Gasteiger partial charge is 0.409 e. The van der Waals surface area contributed by atoms with Gasteiger partial charge in [-0.05, 0) is 51.7 Å². The van der Waals surface area contributed by atoms with Crippen LogP contribution in [0, 0.1) is 5.92 Å². The normalized spacial score (nSPS) is 28.4. The number of rotatable bonds is 1. The fourth-order valence-corrected chi connectivity index (χ4v) is 3.04. The Balaban J connectivity index is 1.94. The van der Waals surface area contributed by atoms with E-state index in [1.54, 1.807) is 0 Å². The molecule has 2 saturated heterocycles. The SMILES string of the molecule is COC(=O)N1CCC[C@@H]1C1CCN(C)CC1. The number of likely N-dealkylation sites (tertiary alicyclic amines) is 2. The minimum Gasteiger partial charge on any atom is -0.453 e. The second kappa shape index (κ2) is 5.04. The predicted octanol–water partition coefficient (Wildman–Crippen LogP) is 1.56. The molecule has 0 bridgehead atoms. The number of nitrogens with zero attached hydrogens (tertiary/aromatic N) is 2. The van der Waals surface area contributed by atoms with Gasteiger partial charge in [-0.3, -0.25) is 0 Å². The van der Waals surface area contributed by atoms with E-state index >= 15 is 0 Å². The molecule has 0 spiro atoms. The highest BCUT2D eigenvalue weighted by atomic mass is 16.5. The molecule has 1 atom stereocenters. The summed E-state index contributed by atoms with van der Waals surface area (Å²) in [4.78, 5) is 15.9. The Morgan fingerprint density at radius 1 is 1.19 bits per heavy atom. The quantitative estimate of drug-likeness (QED) is 0.680. The van der Waals surface area contributed by atoms with Crippen molar-refractivity contribution in [3.8, 4) is 0 Å². The summed E-state index contributed by atoms with van der Waals surface area (Å²) in [6.45, 7) is 3.20. The summed E-state index contributed by atoms with van der Waals surface area (Å²) >= 11 is 0. The molecule has 2 heterocycles. The van der Waals surface area contributed by atoms with Gasteiger partial charge in [-0.15, -0.1) is 0 Å². The van der Waals surface area contributed by atoms with E-state index in [0.29, 0.717) is 12.0 Å². The third kappa shape index (κ3) is 2.32. The molecule has 4 nitrogen and oxygen atoms in total. The van der Waals surface area contributed by atoms with Gasteiger partial charge in [0.15, 0.2) is 0 Å². The number of carbonyl (C=O) groups excluding carboxylic acids is 1. The fraction of sp³-hybridized carbons (Fsp3) is 0.917. The van der Waals surface area contributed by atoms with Crippen LogP contribution in [0.25, 0.3) is 0 Å². The summed E-state index contributed by atoms with van der Waals surface area (Å²) in [5.41, 5.74) is 0. The van der Waals surface area contributed by atoms with E-state index in [1.165, 1.54) is 20.0 Å². The average Bonchev–Trinajstić information content (AvgIpc) is 2.78. The largest absolute Gasteiger partial charge is 0.453 e. The monoisotopic (exact) mass is 226 g/mol. The van der Waals surface area contributed by atoms with E-state index in [-0.39, 0.29) is 6.09 Å². The molecule has 1 amide bonds. The van der Waals surface area contributed by atoms with Crippen LogP contribution in [0.4, 0.5) is 4.79 Å². The van der Waals surface area contributed by atoms with Gasteiger partial charge >= 0.3 is 6.09 Å². The van der Waals surface area contributed by atoms with Crippen molar-refractivity contribution >= 4 is 6.09 Å². The van der Waals surface area contributed by atoms with Gasteiger partial charge in [0.25, 0.3) is 0 Å². The van der Waals surface area contributed by atoms with Crippen LogP contribution in [-0.4, -0.2) is 55.7 Å². The number of hydrogen-bond donors (Lipinski definition) is 0. The van der Waals surface area contributed by atoms with Gasteiger partial charge in [-0.25, -0.2) is 4.79 Å². The molecule has 0 N–H and O–H groups in total. The minimum atomic E-state index is -0.138. The highest BCUT2D eigenvalue weighted by molar-refractivity contribution is 5.68. The predicted molar refractivity (Wildman–Crippen MR) is 62.4 cm³/mol. The van der Waals surface area contributed by atoms with E-state index in [2.05, 4.69) is 11.9 Å². The molecule has 0 aromatic heterocycles. The van der Waals surface area contributed by atoms with Crippen LogP contribution in [0.3, 0.4) is 0 Å². The number of hydrogen-bond acceptors (Lipinski definition) is 3. The van der Waals surface area contributed by atoms with E-state index < -0.39 is 0 Å². The summed E-state index contributed by atoms with van der Waals surface area (Å²) in [6, 6.07) is 0.432. The Labute approximate surface area is 97.5 Å². The van der Waals surface area contributed by atoms with Crippen molar-refractivity contribution in [3.05, 3.63) is 0 Å². The molecular formula is C12H22N2O2. The van der Waals surface area contributed by atoms with Gasteiger partial charge < -0.3 is 14.5 Å². The second-order valence-corrected chi connectivity index (χ2v) is 5.01. The molecule has 0 radical (unpaired) electrons. The van der Waals surface area contributed by atoms with Crippen LogP contribution in [-0.2, 0) is 4.74 Å². The topological polar surface area (TPSA) is 32.8 Å². The van der Waals surface area contributed by atoms with Crippen LogP contribution in [0.2, 0.25) is 0 Å². The zero-order chi connectivity index (χ0) is 11.5. The maximum absolute atomic E-state index is 11.6. The number of ether oxygens (including phenoxy) is 1. The molecule has 0 saturated carbocycles. The van der Waals surface area contributed by atoms with E-state index in [0.717, 1.165) is 32.5 Å². The van der Waals surface area contributed by atoms with Gasteiger partial charge in [-0.1, -0.05) is 0 Å². The van der Waals surface area contributed by atoms with Gasteiger partial charge in [0.2, 0.25) is 0 Å². The Kier molecular flexibility index (Phi) is 3.69. The van der Waals surface area contributed by atoms with Crippen molar-refractivity contribution in [2.45, 2.75) is 31.7 Å². The molecule has 2 aliphatic heterocycles. The van der Waals surface area contributed by atoms with Crippen molar-refractivity contribution in [2.24, 2.45) is 5.92 Å². The molecule has 92 valence electrons. The number of amides is 1. The summed E-state index contributed by atoms with van der Waals surface area (Å²) in [5.74, 6) is 0.679. The molecule has 2 rings (SSSR count). The first-order valence-electron chi connectivity index (χ1n) is 6.25. The van der Waals surface area contributed by atoms with Crippen molar-refractivity contribution in [1.82, 2.24) is 9.80 Å². The molecule has 16 heavy (non-hydrogen) atoms. The summed E-state index contributed by atoms with van der Waals surface area (Å²) in [6.07, 6.45) is 4.58. The van der Waals surface area contributed by atoms with Gasteiger partial charge in [0.05, 0.1) is 7.11 Å². The zero-order valence-corrected chi connectivity index (χ0v) is 10.3. The Morgan fingerprint density at radius 2 is 1.88 bits per heavy atom. The molecule has 0 unspecified atom stereocenters. The first kappa shape index (κ1) is 11.7. The fourth-order valence-electron chi connectivity index (χ4n) is 3.04. The summed E-state index contributed by atoms with van der Waals surface area (Å²) in [7, 11) is 3.65. The zero-order valence-electron chi connectivity index (χ0n) is 10.3. The number of piperidine rings is 1. The summed E-state index contributed by atoms with van der Waals surface area (Å²) in [5, 5.41) is 0. The molecule has 0 aromatic rings. The maximum Gasteiger partial charge on any atom is 0.409 e. The third-order valence-corrected chi connectivity index (χ3v) is 4.02. The Bertz CT molecular complexity index is 249. The van der Waals surface area contributed by atoms with Crippen LogP contribution < -0.4 is 0 Å². The summed E-state index contributed by atoms with van der Waals surface area (Å²) < 4.78 is 4.85. The lowest BCUT2D eigenvalue weighted by Crippen LogP contribution is -2.44. The highest BCUT2D eigenvalue weighted by Gasteiger charge is 2.36. The van der Waals surface area contributed by atoms with E-state index in [4.69, 9.17) is 4.74 Å². The average molecular weight is 226 g/mol. The van der Waals surface area contributed by atoms with E-state index in [9.17, 15) is 4.79 Å². The third-order valence-electron chi connectivity index (χ3n) is 4.02. The van der Waals surface area contributed by atoms with Crippen LogP contribution in [0.5, 0.6) is 0 Å². The first-order valence-corrected chi connectivity index (χ1v) is 6.25. The molecular weight excluding hydrogens is 204 g/mol. The lowest BCUT2D eigenvalue weighted by Gasteiger charge is -2.36. The number of methoxy groups -OCH3 is 1. The Hall–Kier alpha value is -0.770. The molecule has 2 aliphatic rings. The van der Waals surface area contributed by atoms with E-state index in [1.807, 2.05) is 4.90 Å².